The molecular weight excluding hydrogens is 252 g/mol. The van der Waals surface area contributed by atoms with Crippen LogP contribution >= 0.6 is 22.9 Å². The number of aromatic nitrogens is 2. The highest BCUT2D eigenvalue weighted by Gasteiger charge is 2.28. The normalized spacial score (nSPS) is 22.2. The van der Waals surface area contributed by atoms with E-state index < -0.39 is 6.04 Å². The molecule has 1 aliphatic rings. The van der Waals surface area contributed by atoms with E-state index in [2.05, 4.69) is 10.2 Å². The van der Waals surface area contributed by atoms with Crippen LogP contribution in [0.15, 0.2) is 0 Å². The molecule has 0 aromatic carbocycles. The number of morpholine rings is 1. The van der Waals surface area contributed by atoms with E-state index in [1.54, 1.807) is 0 Å². The van der Waals surface area contributed by atoms with Gasteiger partial charge < -0.3 is 10.5 Å². The van der Waals surface area contributed by atoms with Crippen LogP contribution in [0.25, 0.3) is 0 Å². The van der Waals surface area contributed by atoms with E-state index in [1.807, 2.05) is 4.90 Å². The minimum Gasteiger partial charge on any atom is -0.378 e. The third-order valence-corrected chi connectivity index (χ3v) is 3.35. The molecule has 16 heavy (non-hydrogen) atoms. The molecule has 2 heterocycles. The molecule has 1 amide bonds. The summed E-state index contributed by atoms with van der Waals surface area (Å²) < 4.78 is 5.62. The average Bonchev–Trinajstić information content (AvgIpc) is 2.64. The van der Waals surface area contributed by atoms with Gasteiger partial charge in [0.1, 0.15) is 11.0 Å². The predicted octanol–water partition coefficient (Wildman–Crippen LogP) is -0.122. The number of hydrogen-bond acceptors (Lipinski definition) is 6. The van der Waals surface area contributed by atoms with E-state index in [1.165, 1.54) is 11.3 Å². The topological polar surface area (TPSA) is 81.3 Å². The van der Waals surface area contributed by atoms with E-state index in [-0.39, 0.29) is 5.91 Å². The minimum absolute atomic E-state index is 0.335. The Labute approximate surface area is 101 Å². The lowest BCUT2D eigenvalue weighted by Crippen LogP contribution is -2.51. The summed E-state index contributed by atoms with van der Waals surface area (Å²) in [7, 11) is 0. The number of ether oxygens (including phenoxy) is 1. The molecule has 0 spiro atoms. The lowest BCUT2D eigenvalue weighted by atomic mass is 10.2. The van der Waals surface area contributed by atoms with Gasteiger partial charge in [-0.05, 0) is 11.6 Å². The van der Waals surface area contributed by atoms with Gasteiger partial charge in [-0.1, -0.05) is 11.3 Å². The van der Waals surface area contributed by atoms with Crippen molar-refractivity contribution >= 4 is 28.8 Å². The van der Waals surface area contributed by atoms with Crippen molar-refractivity contribution in [2.24, 2.45) is 5.73 Å². The molecule has 1 aliphatic heterocycles. The summed E-state index contributed by atoms with van der Waals surface area (Å²) >= 11 is 6.99. The third kappa shape index (κ3) is 2.67. The largest absolute Gasteiger partial charge is 0.378 e. The van der Waals surface area contributed by atoms with Gasteiger partial charge in [0.25, 0.3) is 0 Å². The highest BCUT2D eigenvalue weighted by molar-refractivity contribution is 7.15. The Hall–Kier alpha value is -0.760. The quantitative estimate of drug-likeness (QED) is 0.821. The molecule has 1 unspecified atom stereocenters. The van der Waals surface area contributed by atoms with E-state index in [4.69, 9.17) is 22.1 Å². The number of nitrogens with two attached hydrogens (primary N) is 1. The van der Waals surface area contributed by atoms with Gasteiger partial charge in [-0.3, -0.25) is 9.69 Å². The first-order valence-electron chi connectivity index (χ1n) is 4.76. The van der Waals surface area contributed by atoms with Gasteiger partial charge in [-0.25, -0.2) is 0 Å². The summed E-state index contributed by atoms with van der Waals surface area (Å²) in [4.78, 5) is 13.1. The monoisotopic (exact) mass is 262 g/mol. The Balaban J connectivity index is 2.03. The number of halogens is 1. The highest BCUT2D eigenvalue weighted by Crippen LogP contribution is 2.18. The van der Waals surface area contributed by atoms with Crippen molar-refractivity contribution in [3.05, 3.63) is 9.47 Å². The van der Waals surface area contributed by atoms with Gasteiger partial charge >= 0.3 is 0 Å². The molecule has 1 fully saturated rings. The van der Waals surface area contributed by atoms with Crippen molar-refractivity contribution < 1.29 is 9.53 Å². The third-order valence-electron chi connectivity index (χ3n) is 2.35. The number of hydrogen-bond donors (Lipinski definition) is 1. The fourth-order valence-electron chi connectivity index (χ4n) is 1.56. The maximum Gasteiger partial charge on any atom is 0.237 e. The van der Waals surface area contributed by atoms with Crippen molar-refractivity contribution in [2.75, 3.05) is 19.8 Å². The van der Waals surface area contributed by atoms with Crippen molar-refractivity contribution in [2.45, 2.75) is 12.6 Å². The van der Waals surface area contributed by atoms with E-state index in [9.17, 15) is 4.79 Å². The molecule has 0 aliphatic carbocycles. The molecule has 1 aromatic rings. The summed E-state index contributed by atoms with van der Waals surface area (Å²) in [6.45, 7) is 2.12. The van der Waals surface area contributed by atoms with E-state index in [0.717, 1.165) is 5.01 Å². The number of primary amides is 1. The van der Waals surface area contributed by atoms with Gasteiger partial charge in [0.05, 0.1) is 19.8 Å². The van der Waals surface area contributed by atoms with Crippen molar-refractivity contribution in [3.63, 3.8) is 0 Å². The van der Waals surface area contributed by atoms with Gasteiger partial charge in [0.15, 0.2) is 0 Å². The molecule has 0 saturated carbocycles. The van der Waals surface area contributed by atoms with Crippen LogP contribution < -0.4 is 5.73 Å². The molecule has 0 bridgehead atoms. The summed E-state index contributed by atoms with van der Waals surface area (Å²) in [5.74, 6) is -0.379. The SMILES string of the molecule is NC(=O)C1COCCN1Cc1nnc(Cl)s1. The summed E-state index contributed by atoms with van der Waals surface area (Å²) in [5.41, 5.74) is 5.30. The number of carbonyl (C=O) groups is 1. The Morgan fingerprint density at radius 3 is 3.12 bits per heavy atom. The first-order valence-corrected chi connectivity index (χ1v) is 5.95. The van der Waals surface area contributed by atoms with Gasteiger partial charge in [-0.15, -0.1) is 10.2 Å². The lowest BCUT2D eigenvalue weighted by molar-refractivity contribution is -0.129. The predicted molar refractivity (Wildman–Crippen MR) is 59.1 cm³/mol. The smallest absolute Gasteiger partial charge is 0.237 e. The zero-order valence-electron chi connectivity index (χ0n) is 8.43. The molecule has 1 saturated heterocycles. The summed E-state index contributed by atoms with van der Waals surface area (Å²) in [6.07, 6.45) is 0. The fraction of sp³-hybridized carbons (Fsp3) is 0.625. The zero-order valence-corrected chi connectivity index (χ0v) is 10.00. The molecule has 1 atom stereocenters. The minimum atomic E-state index is -0.392. The van der Waals surface area contributed by atoms with Gasteiger partial charge in [-0.2, -0.15) is 0 Å². The molecule has 0 radical (unpaired) electrons. The van der Waals surface area contributed by atoms with E-state index in [0.29, 0.717) is 30.8 Å². The van der Waals surface area contributed by atoms with Gasteiger partial charge in [0.2, 0.25) is 10.4 Å². The Morgan fingerprint density at radius 1 is 1.69 bits per heavy atom. The number of rotatable bonds is 3. The van der Waals surface area contributed by atoms with Crippen LogP contribution in [0.5, 0.6) is 0 Å². The standard InChI is InChI=1S/C8H11ClN4O2S/c9-8-12-11-6(16-8)3-13-1-2-15-4-5(13)7(10)14/h5H,1-4H2,(H2,10,14). The Morgan fingerprint density at radius 2 is 2.50 bits per heavy atom. The second-order valence-corrected chi connectivity index (χ2v) is 5.06. The van der Waals surface area contributed by atoms with Crippen molar-refractivity contribution in [1.82, 2.24) is 15.1 Å². The lowest BCUT2D eigenvalue weighted by Gasteiger charge is -2.32. The molecular formula is C8H11ClN4O2S. The molecule has 2 N–H and O–H groups in total. The first-order chi connectivity index (χ1) is 7.66. The zero-order chi connectivity index (χ0) is 11.5. The van der Waals surface area contributed by atoms with Crippen LogP contribution in [0.1, 0.15) is 5.01 Å². The van der Waals surface area contributed by atoms with E-state index >= 15 is 0 Å². The fourth-order valence-corrected chi connectivity index (χ4v) is 2.45. The molecule has 2 rings (SSSR count). The van der Waals surface area contributed by atoms with Crippen molar-refractivity contribution in [3.8, 4) is 0 Å². The number of carbonyl (C=O) groups excluding carboxylic acids is 1. The maximum absolute atomic E-state index is 11.2. The van der Waals surface area contributed by atoms with Crippen LogP contribution in [-0.4, -0.2) is 46.8 Å². The van der Waals surface area contributed by atoms with Crippen LogP contribution in [0, 0.1) is 0 Å². The molecule has 8 heteroatoms. The molecule has 88 valence electrons. The molecule has 1 aromatic heterocycles. The van der Waals surface area contributed by atoms with Gasteiger partial charge in [0, 0.05) is 6.54 Å². The van der Waals surface area contributed by atoms with Crippen LogP contribution in [0.2, 0.25) is 4.47 Å². The van der Waals surface area contributed by atoms with Crippen LogP contribution in [0.3, 0.4) is 0 Å². The number of nitrogens with zero attached hydrogens (tertiary/aromatic N) is 3. The molecule has 6 nitrogen and oxygen atoms in total. The second-order valence-electron chi connectivity index (χ2n) is 3.41. The van der Waals surface area contributed by atoms with Crippen molar-refractivity contribution in [1.29, 1.82) is 0 Å². The Kier molecular flexibility index (Phi) is 3.70. The summed E-state index contributed by atoms with van der Waals surface area (Å²) in [6, 6.07) is -0.392. The summed E-state index contributed by atoms with van der Waals surface area (Å²) in [5, 5.41) is 8.39. The highest BCUT2D eigenvalue weighted by atomic mass is 35.5. The first kappa shape index (κ1) is 11.7. The van der Waals surface area contributed by atoms with Crippen LogP contribution in [-0.2, 0) is 16.1 Å². The van der Waals surface area contributed by atoms with Crippen LogP contribution in [0.4, 0.5) is 0 Å². The number of amides is 1. The average molecular weight is 263 g/mol. The Bertz CT molecular complexity index is 386. The maximum atomic E-state index is 11.2. The second kappa shape index (κ2) is 5.05.